The molecule has 0 saturated carbocycles. The lowest BCUT2D eigenvalue weighted by atomic mass is 10.1. The first-order chi connectivity index (χ1) is 9.65. The monoisotopic (exact) mass is 294 g/mol. The highest BCUT2D eigenvalue weighted by molar-refractivity contribution is 6.30. The fraction of sp³-hybridized carbons (Fsp3) is 0.357. The van der Waals surface area contributed by atoms with Crippen molar-refractivity contribution < 1.29 is 4.74 Å². The molecular formula is C14H19ClN4O. The standard InChI is InChI=1S/C14H19ClN4O/c1-3-19-13(7-8-17-19)14(18-16)10(2)20-12-6-4-5-11(15)9-12/h4-10,14,18H,3,16H2,1-2H3. The molecule has 0 aliphatic heterocycles. The predicted molar refractivity (Wildman–Crippen MR) is 79.5 cm³/mol. The lowest BCUT2D eigenvalue weighted by Crippen LogP contribution is -2.39. The Bertz CT molecular complexity index is 558. The number of benzene rings is 1. The maximum absolute atomic E-state index is 5.95. The molecule has 20 heavy (non-hydrogen) atoms. The van der Waals surface area contributed by atoms with E-state index in [9.17, 15) is 0 Å². The molecule has 2 unspecified atom stereocenters. The third-order valence-electron chi connectivity index (χ3n) is 3.13. The van der Waals surface area contributed by atoms with Gasteiger partial charge in [-0.25, -0.2) is 5.43 Å². The van der Waals surface area contributed by atoms with E-state index < -0.39 is 0 Å². The summed E-state index contributed by atoms with van der Waals surface area (Å²) >= 11 is 5.95. The molecule has 0 radical (unpaired) electrons. The molecule has 0 spiro atoms. The first-order valence-corrected chi connectivity index (χ1v) is 6.93. The van der Waals surface area contributed by atoms with E-state index in [0.29, 0.717) is 10.8 Å². The van der Waals surface area contributed by atoms with Crippen molar-refractivity contribution in [1.29, 1.82) is 0 Å². The predicted octanol–water partition coefficient (Wildman–Crippen LogP) is 2.53. The molecular weight excluding hydrogens is 276 g/mol. The minimum Gasteiger partial charge on any atom is -0.489 e. The van der Waals surface area contributed by atoms with Crippen molar-refractivity contribution in [2.75, 3.05) is 0 Å². The number of nitrogens with zero attached hydrogens (tertiary/aromatic N) is 2. The minimum atomic E-state index is -0.166. The van der Waals surface area contributed by atoms with Crippen molar-refractivity contribution in [3.8, 4) is 5.75 Å². The van der Waals surface area contributed by atoms with Crippen molar-refractivity contribution in [1.82, 2.24) is 15.2 Å². The first kappa shape index (κ1) is 14.8. The van der Waals surface area contributed by atoms with Crippen LogP contribution in [0.3, 0.4) is 0 Å². The Morgan fingerprint density at radius 2 is 2.25 bits per heavy atom. The smallest absolute Gasteiger partial charge is 0.121 e. The second kappa shape index (κ2) is 6.74. The zero-order chi connectivity index (χ0) is 14.5. The average Bonchev–Trinajstić information content (AvgIpc) is 2.88. The van der Waals surface area contributed by atoms with Crippen LogP contribution in [-0.4, -0.2) is 15.9 Å². The van der Waals surface area contributed by atoms with Crippen molar-refractivity contribution in [2.24, 2.45) is 5.84 Å². The Balaban J connectivity index is 2.15. The number of aromatic nitrogens is 2. The molecule has 0 aliphatic carbocycles. The van der Waals surface area contributed by atoms with Crippen LogP contribution in [0.25, 0.3) is 0 Å². The van der Waals surface area contributed by atoms with Gasteiger partial charge in [0.05, 0.1) is 11.7 Å². The lowest BCUT2D eigenvalue weighted by molar-refractivity contribution is 0.166. The fourth-order valence-corrected chi connectivity index (χ4v) is 2.34. The SMILES string of the molecule is CCn1nccc1C(NN)C(C)Oc1cccc(Cl)c1. The molecule has 2 atom stereocenters. The maximum atomic E-state index is 5.95. The number of hydrazine groups is 1. The molecule has 6 heteroatoms. The van der Waals surface area contributed by atoms with Crippen LogP contribution < -0.4 is 16.0 Å². The van der Waals surface area contributed by atoms with Gasteiger partial charge in [-0.3, -0.25) is 10.5 Å². The largest absolute Gasteiger partial charge is 0.489 e. The van der Waals surface area contributed by atoms with E-state index in [0.717, 1.165) is 12.2 Å². The summed E-state index contributed by atoms with van der Waals surface area (Å²) in [6, 6.07) is 9.09. The Kier molecular flexibility index (Phi) is 5.00. The molecule has 2 aromatic rings. The molecule has 5 nitrogen and oxygen atoms in total. The normalized spacial score (nSPS) is 14.0. The number of hydrogen-bond donors (Lipinski definition) is 2. The summed E-state index contributed by atoms with van der Waals surface area (Å²) in [5.74, 6) is 6.39. The second-order valence-electron chi connectivity index (χ2n) is 4.50. The molecule has 1 heterocycles. The lowest BCUT2D eigenvalue weighted by Gasteiger charge is -2.25. The van der Waals surface area contributed by atoms with Crippen molar-refractivity contribution in [2.45, 2.75) is 32.5 Å². The summed E-state index contributed by atoms with van der Waals surface area (Å²) in [4.78, 5) is 0. The van der Waals surface area contributed by atoms with E-state index in [1.165, 1.54) is 0 Å². The van der Waals surface area contributed by atoms with Crippen LogP contribution in [0.15, 0.2) is 36.5 Å². The molecule has 1 aromatic heterocycles. The summed E-state index contributed by atoms with van der Waals surface area (Å²) in [5.41, 5.74) is 3.79. The van der Waals surface area contributed by atoms with Crippen molar-refractivity contribution >= 4 is 11.6 Å². The van der Waals surface area contributed by atoms with E-state index in [2.05, 4.69) is 10.5 Å². The maximum Gasteiger partial charge on any atom is 0.121 e. The zero-order valence-corrected chi connectivity index (χ0v) is 12.3. The Morgan fingerprint density at radius 1 is 1.45 bits per heavy atom. The van der Waals surface area contributed by atoms with Gasteiger partial charge in [0, 0.05) is 17.8 Å². The second-order valence-corrected chi connectivity index (χ2v) is 4.93. The number of aryl methyl sites for hydroxylation is 1. The number of hydrogen-bond acceptors (Lipinski definition) is 4. The highest BCUT2D eigenvalue weighted by atomic mass is 35.5. The van der Waals surface area contributed by atoms with E-state index >= 15 is 0 Å². The highest BCUT2D eigenvalue weighted by Gasteiger charge is 2.23. The van der Waals surface area contributed by atoms with Gasteiger partial charge in [0.25, 0.3) is 0 Å². The minimum absolute atomic E-state index is 0.156. The van der Waals surface area contributed by atoms with Gasteiger partial charge in [-0.05, 0) is 38.1 Å². The average molecular weight is 295 g/mol. The van der Waals surface area contributed by atoms with E-state index in [-0.39, 0.29) is 12.1 Å². The topological polar surface area (TPSA) is 65.1 Å². The number of rotatable bonds is 6. The van der Waals surface area contributed by atoms with Gasteiger partial charge in [-0.15, -0.1) is 0 Å². The van der Waals surface area contributed by atoms with Crippen LogP contribution in [0, 0.1) is 0 Å². The molecule has 0 aliphatic rings. The summed E-state index contributed by atoms with van der Waals surface area (Å²) in [6.07, 6.45) is 1.59. The fourth-order valence-electron chi connectivity index (χ4n) is 2.16. The molecule has 1 aromatic carbocycles. The van der Waals surface area contributed by atoms with Gasteiger partial charge in [0.2, 0.25) is 0 Å². The number of nitrogens with two attached hydrogens (primary N) is 1. The third kappa shape index (κ3) is 3.30. The molecule has 108 valence electrons. The molecule has 0 bridgehead atoms. The molecule has 3 N–H and O–H groups in total. The van der Waals surface area contributed by atoms with Crippen molar-refractivity contribution in [3.05, 3.63) is 47.2 Å². The number of nitrogens with one attached hydrogen (secondary N) is 1. The molecule has 0 amide bonds. The quantitative estimate of drug-likeness (QED) is 0.635. The summed E-state index contributed by atoms with van der Waals surface area (Å²) < 4.78 is 7.79. The van der Waals surface area contributed by atoms with Crippen LogP contribution in [0.4, 0.5) is 0 Å². The van der Waals surface area contributed by atoms with Gasteiger partial charge >= 0.3 is 0 Å². The summed E-state index contributed by atoms with van der Waals surface area (Å²) in [6.45, 7) is 4.77. The number of ether oxygens (including phenoxy) is 1. The highest BCUT2D eigenvalue weighted by Crippen LogP contribution is 2.23. The zero-order valence-electron chi connectivity index (χ0n) is 11.6. The summed E-state index contributed by atoms with van der Waals surface area (Å²) in [7, 11) is 0. The van der Waals surface area contributed by atoms with Gasteiger partial charge < -0.3 is 4.74 Å². The van der Waals surface area contributed by atoms with E-state index in [1.54, 1.807) is 12.3 Å². The van der Waals surface area contributed by atoms with E-state index in [1.807, 2.05) is 42.8 Å². The Labute approximate surface area is 123 Å². The van der Waals surface area contributed by atoms with Crippen LogP contribution in [-0.2, 0) is 6.54 Å². The van der Waals surface area contributed by atoms with Crippen LogP contribution >= 0.6 is 11.6 Å². The molecule has 2 rings (SSSR count). The molecule has 0 fully saturated rings. The van der Waals surface area contributed by atoms with Crippen LogP contribution in [0.1, 0.15) is 25.6 Å². The van der Waals surface area contributed by atoms with Crippen LogP contribution in [0.5, 0.6) is 5.75 Å². The van der Waals surface area contributed by atoms with Gasteiger partial charge in [0.15, 0.2) is 0 Å². The Hall–Kier alpha value is -1.56. The molecule has 0 saturated heterocycles. The van der Waals surface area contributed by atoms with Crippen molar-refractivity contribution in [3.63, 3.8) is 0 Å². The first-order valence-electron chi connectivity index (χ1n) is 6.55. The summed E-state index contributed by atoms with van der Waals surface area (Å²) in [5, 5.41) is 4.90. The van der Waals surface area contributed by atoms with E-state index in [4.69, 9.17) is 22.2 Å². The van der Waals surface area contributed by atoms with Crippen LogP contribution in [0.2, 0.25) is 5.02 Å². The third-order valence-corrected chi connectivity index (χ3v) is 3.37. The van der Waals surface area contributed by atoms with Gasteiger partial charge in [-0.1, -0.05) is 17.7 Å². The number of halogens is 1. The Morgan fingerprint density at radius 3 is 2.90 bits per heavy atom. The van der Waals surface area contributed by atoms with Gasteiger partial charge in [-0.2, -0.15) is 5.10 Å². The van der Waals surface area contributed by atoms with Gasteiger partial charge in [0.1, 0.15) is 11.9 Å².